The molecule has 0 atom stereocenters. The molecule has 0 N–H and O–H groups in total. The van der Waals surface area contributed by atoms with E-state index in [1.807, 2.05) is 36.7 Å². The third-order valence-electron chi connectivity index (χ3n) is 6.10. The molecule has 1 fully saturated rings. The highest BCUT2D eigenvalue weighted by Crippen LogP contribution is 2.39. The minimum absolute atomic E-state index is 0.151. The topological polar surface area (TPSA) is 91.6 Å². The smallest absolute Gasteiger partial charge is 0.202 e. The Balaban J connectivity index is 1.45. The fourth-order valence-electron chi connectivity index (χ4n) is 4.09. The van der Waals surface area contributed by atoms with E-state index in [2.05, 4.69) is 20.2 Å². The Labute approximate surface area is 193 Å². The van der Waals surface area contributed by atoms with Gasteiger partial charge in [0, 0.05) is 24.2 Å². The molecule has 0 unspecified atom stereocenters. The van der Waals surface area contributed by atoms with Crippen LogP contribution in [0.1, 0.15) is 44.3 Å². The number of aromatic nitrogens is 6. The lowest BCUT2D eigenvalue weighted by molar-refractivity contribution is 0.586. The van der Waals surface area contributed by atoms with Crippen LogP contribution >= 0.6 is 0 Å². The van der Waals surface area contributed by atoms with Crippen molar-refractivity contribution in [3.05, 3.63) is 77.2 Å². The summed E-state index contributed by atoms with van der Waals surface area (Å²) in [6, 6.07) is 8.26. The van der Waals surface area contributed by atoms with Crippen molar-refractivity contribution in [2.24, 2.45) is 0 Å². The molecule has 0 amide bonds. The molecule has 0 spiro atoms. The number of benzene rings is 1. The Morgan fingerprint density at radius 1 is 1.15 bits per heavy atom. The minimum atomic E-state index is -0.490. The third kappa shape index (κ3) is 3.40. The molecule has 34 heavy (non-hydrogen) atoms. The molecule has 1 aliphatic rings. The highest BCUT2D eigenvalue weighted by molar-refractivity contribution is 5.83. The first-order valence-corrected chi connectivity index (χ1v) is 11.2. The molecule has 170 valence electrons. The molecule has 6 rings (SSSR count). The monoisotopic (exact) mass is 456 g/mol. The summed E-state index contributed by atoms with van der Waals surface area (Å²) < 4.78 is 24.0. The van der Waals surface area contributed by atoms with Crippen molar-refractivity contribution in [2.45, 2.75) is 38.6 Å². The van der Waals surface area contributed by atoms with Gasteiger partial charge in [-0.15, -0.1) is 10.2 Å². The van der Waals surface area contributed by atoms with Crippen LogP contribution in [0.2, 0.25) is 0 Å². The number of rotatable bonds is 5. The lowest BCUT2D eigenvalue weighted by Crippen LogP contribution is -2.08. The largest absolute Gasteiger partial charge is 0.463 e. The van der Waals surface area contributed by atoms with Crippen molar-refractivity contribution in [1.29, 1.82) is 0 Å². The number of imidazole rings is 1. The first-order valence-electron chi connectivity index (χ1n) is 11.2. The first kappa shape index (κ1) is 20.5. The predicted molar refractivity (Wildman–Crippen MR) is 124 cm³/mol. The van der Waals surface area contributed by atoms with Gasteiger partial charge in [-0.3, -0.25) is 4.79 Å². The maximum Gasteiger partial charge on any atom is 0.202 e. The standard InChI is InChI=1S/C25H21FN6O2/c1-14(2)32-13-28-30-25(32)20-5-3-4-19(29-20)17-11-34-23-9-18(26)22(8-16(23)24(17)33)31-10-21(27-12-31)15-6-7-15/h3-5,8-15H,6-7H2,1-2H3. The number of pyridine rings is 1. The van der Waals surface area contributed by atoms with Gasteiger partial charge >= 0.3 is 0 Å². The van der Waals surface area contributed by atoms with E-state index >= 15 is 0 Å². The van der Waals surface area contributed by atoms with Gasteiger partial charge in [0.1, 0.15) is 23.9 Å². The molecule has 0 bridgehead atoms. The Hall–Kier alpha value is -4.14. The molecule has 1 saturated carbocycles. The Bertz CT molecular complexity index is 1590. The number of fused-ring (bicyclic) bond motifs is 1. The van der Waals surface area contributed by atoms with Gasteiger partial charge in [0.25, 0.3) is 0 Å². The van der Waals surface area contributed by atoms with E-state index in [1.165, 1.54) is 18.4 Å². The van der Waals surface area contributed by atoms with Crippen molar-refractivity contribution in [3.8, 4) is 28.5 Å². The normalized spacial score (nSPS) is 13.8. The van der Waals surface area contributed by atoms with Crippen LogP contribution in [0.3, 0.4) is 0 Å². The summed E-state index contributed by atoms with van der Waals surface area (Å²) in [5.74, 6) is 0.565. The second-order valence-electron chi connectivity index (χ2n) is 8.82. The van der Waals surface area contributed by atoms with Gasteiger partial charge in [0.05, 0.1) is 34.4 Å². The second kappa shape index (κ2) is 7.72. The van der Waals surface area contributed by atoms with Gasteiger partial charge in [-0.25, -0.2) is 14.4 Å². The predicted octanol–water partition coefficient (Wildman–Crippen LogP) is 4.90. The quantitative estimate of drug-likeness (QED) is 0.374. The van der Waals surface area contributed by atoms with Crippen molar-refractivity contribution < 1.29 is 8.81 Å². The summed E-state index contributed by atoms with van der Waals surface area (Å²) in [4.78, 5) is 22.5. The number of hydrogen-bond acceptors (Lipinski definition) is 6. The lowest BCUT2D eigenvalue weighted by atomic mass is 10.1. The molecule has 0 saturated heterocycles. The van der Waals surface area contributed by atoms with E-state index in [1.54, 1.807) is 23.3 Å². The van der Waals surface area contributed by atoms with Gasteiger partial charge in [-0.1, -0.05) is 6.07 Å². The minimum Gasteiger partial charge on any atom is -0.463 e. The molecule has 4 aromatic heterocycles. The van der Waals surface area contributed by atoms with Gasteiger partial charge in [0.15, 0.2) is 11.6 Å². The maximum atomic E-state index is 14.9. The molecule has 4 heterocycles. The van der Waals surface area contributed by atoms with Crippen LogP contribution in [0.25, 0.3) is 39.4 Å². The van der Waals surface area contributed by atoms with Gasteiger partial charge < -0.3 is 13.6 Å². The zero-order valence-corrected chi connectivity index (χ0v) is 18.6. The van der Waals surface area contributed by atoms with E-state index < -0.39 is 5.82 Å². The van der Waals surface area contributed by atoms with Crippen LogP contribution in [-0.4, -0.2) is 29.3 Å². The average molecular weight is 456 g/mol. The van der Waals surface area contributed by atoms with Crippen molar-refractivity contribution in [1.82, 2.24) is 29.3 Å². The Morgan fingerprint density at radius 2 is 1.97 bits per heavy atom. The van der Waals surface area contributed by atoms with Crippen LogP contribution in [0.4, 0.5) is 4.39 Å². The third-order valence-corrected chi connectivity index (χ3v) is 6.10. The molecule has 8 nitrogen and oxygen atoms in total. The summed E-state index contributed by atoms with van der Waals surface area (Å²) in [5, 5.41) is 8.45. The fraction of sp³-hybridized carbons (Fsp3) is 0.240. The molecule has 1 aromatic carbocycles. The van der Waals surface area contributed by atoms with E-state index in [0.29, 0.717) is 23.1 Å². The van der Waals surface area contributed by atoms with E-state index in [-0.39, 0.29) is 33.7 Å². The fourth-order valence-corrected chi connectivity index (χ4v) is 4.09. The Kier molecular flexibility index (Phi) is 4.65. The van der Waals surface area contributed by atoms with Gasteiger partial charge in [0.2, 0.25) is 5.43 Å². The van der Waals surface area contributed by atoms with E-state index in [9.17, 15) is 9.18 Å². The molecule has 9 heteroatoms. The van der Waals surface area contributed by atoms with Crippen molar-refractivity contribution >= 4 is 11.0 Å². The molecular weight excluding hydrogens is 435 g/mol. The maximum absolute atomic E-state index is 14.9. The van der Waals surface area contributed by atoms with Crippen LogP contribution in [0.5, 0.6) is 0 Å². The van der Waals surface area contributed by atoms with Crippen LogP contribution < -0.4 is 5.43 Å². The van der Waals surface area contributed by atoms with Crippen LogP contribution in [-0.2, 0) is 0 Å². The summed E-state index contributed by atoms with van der Waals surface area (Å²) >= 11 is 0. The summed E-state index contributed by atoms with van der Waals surface area (Å²) in [5.41, 5.74) is 2.39. The molecule has 0 radical (unpaired) electrons. The van der Waals surface area contributed by atoms with Crippen LogP contribution in [0.15, 0.2) is 64.7 Å². The lowest BCUT2D eigenvalue weighted by Gasteiger charge is -2.10. The van der Waals surface area contributed by atoms with Gasteiger partial charge in [-0.05, 0) is 44.9 Å². The van der Waals surface area contributed by atoms with Crippen LogP contribution in [0, 0.1) is 5.82 Å². The number of hydrogen-bond donors (Lipinski definition) is 0. The van der Waals surface area contributed by atoms with E-state index in [0.717, 1.165) is 18.5 Å². The zero-order valence-electron chi connectivity index (χ0n) is 18.6. The number of halogens is 1. The molecular formula is C25H21FN6O2. The summed E-state index contributed by atoms with van der Waals surface area (Å²) in [6.07, 6.45) is 8.58. The zero-order chi connectivity index (χ0) is 23.4. The summed E-state index contributed by atoms with van der Waals surface area (Å²) in [7, 11) is 0. The first-order chi connectivity index (χ1) is 16.5. The molecule has 0 aliphatic heterocycles. The Morgan fingerprint density at radius 3 is 2.76 bits per heavy atom. The molecule has 5 aromatic rings. The average Bonchev–Trinajstić information content (AvgIpc) is 3.35. The SMILES string of the molecule is CC(C)n1cnnc1-c1cccc(-c2coc3cc(F)c(-n4cnc(C5CC5)c4)cc3c2=O)n1. The molecule has 1 aliphatic carbocycles. The van der Waals surface area contributed by atoms with E-state index in [4.69, 9.17) is 4.42 Å². The number of nitrogens with zero attached hydrogens (tertiary/aromatic N) is 6. The second-order valence-corrected chi connectivity index (χ2v) is 8.82. The highest BCUT2D eigenvalue weighted by Gasteiger charge is 2.26. The van der Waals surface area contributed by atoms with Crippen molar-refractivity contribution in [3.63, 3.8) is 0 Å². The highest BCUT2D eigenvalue weighted by atomic mass is 19.1. The summed E-state index contributed by atoms with van der Waals surface area (Å²) in [6.45, 7) is 4.05. The van der Waals surface area contributed by atoms with Gasteiger partial charge in [-0.2, -0.15) is 0 Å². The van der Waals surface area contributed by atoms with Crippen molar-refractivity contribution in [2.75, 3.05) is 0 Å².